The summed E-state index contributed by atoms with van der Waals surface area (Å²) in [6, 6.07) is 12.6. The van der Waals surface area contributed by atoms with E-state index in [1.807, 2.05) is 0 Å². The predicted octanol–water partition coefficient (Wildman–Crippen LogP) is 5.89. The monoisotopic (exact) mass is 492 g/mol. The van der Waals surface area contributed by atoms with Crippen molar-refractivity contribution >= 4 is 56.5 Å². The highest BCUT2D eigenvalue weighted by molar-refractivity contribution is 7.87. The van der Waals surface area contributed by atoms with Crippen molar-refractivity contribution in [3.8, 4) is 11.5 Å². The fraction of sp³-hybridized carbons (Fsp3) is 0.0526. The van der Waals surface area contributed by atoms with Gasteiger partial charge >= 0.3 is 0 Å². The van der Waals surface area contributed by atoms with Crippen LogP contribution in [0.1, 0.15) is 16.7 Å². The Hall–Kier alpha value is -1.67. The van der Waals surface area contributed by atoms with E-state index in [2.05, 4.69) is 0 Å². The van der Waals surface area contributed by atoms with E-state index in [4.69, 9.17) is 46.4 Å². The van der Waals surface area contributed by atoms with Crippen LogP contribution in [0.25, 0.3) is 0 Å². The van der Waals surface area contributed by atoms with Crippen molar-refractivity contribution in [3.63, 3.8) is 0 Å². The first kappa shape index (κ1) is 22.0. The van der Waals surface area contributed by atoms with Crippen molar-refractivity contribution in [2.45, 2.75) is 4.75 Å². The first-order valence-electron chi connectivity index (χ1n) is 7.91. The lowest BCUT2D eigenvalue weighted by Gasteiger charge is -2.35. The van der Waals surface area contributed by atoms with Gasteiger partial charge in [-0.05, 0) is 12.1 Å². The molecule has 0 unspecified atom stereocenters. The van der Waals surface area contributed by atoms with Crippen LogP contribution in [0.5, 0.6) is 11.5 Å². The average molecular weight is 494 g/mol. The average Bonchev–Trinajstić information content (AvgIpc) is 2.64. The standard InChI is InChI=1S/C19H12Cl4O5S/c20-12-7-3-1-5-10(12)19(29(26,27)28,11-6-2-4-8-13(11)21)16-14(22)9-15(24)18(25)17(16)23/h1-9,24-25H,(H,26,27,28). The summed E-state index contributed by atoms with van der Waals surface area (Å²) in [6.07, 6.45) is 0. The number of aromatic hydroxyl groups is 2. The summed E-state index contributed by atoms with van der Waals surface area (Å²) in [7, 11) is -5.14. The fourth-order valence-corrected chi connectivity index (χ4v) is 6.12. The van der Waals surface area contributed by atoms with Crippen LogP contribution in [-0.4, -0.2) is 23.2 Å². The summed E-state index contributed by atoms with van der Waals surface area (Å²) < 4.78 is 34.1. The molecule has 0 spiro atoms. The van der Waals surface area contributed by atoms with Gasteiger partial charge < -0.3 is 10.2 Å². The quantitative estimate of drug-likeness (QED) is 0.239. The number of benzene rings is 3. The van der Waals surface area contributed by atoms with Crippen LogP contribution in [-0.2, 0) is 14.9 Å². The third-order valence-corrected chi connectivity index (χ3v) is 7.16. The summed E-state index contributed by atoms with van der Waals surface area (Å²) in [4.78, 5) is 0. The summed E-state index contributed by atoms with van der Waals surface area (Å²) in [5.41, 5.74) is -0.628. The topological polar surface area (TPSA) is 94.8 Å². The smallest absolute Gasteiger partial charge is 0.283 e. The van der Waals surface area contributed by atoms with E-state index >= 15 is 0 Å². The Labute approximate surface area is 186 Å². The van der Waals surface area contributed by atoms with E-state index < -0.39 is 37.0 Å². The highest BCUT2D eigenvalue weighted by Gasteiger charge is 2.53. The Kier molecular flexibility index (Phi) is 5.98. The molecule has 0 aliphatic rings. The van der Waals surface area contributed by atoms with Crippen LogP contribution in [0, 0.1) is 0 Å². The van der Waals surface area contributed by atoms with Gasteiger partial charge in [0.1, 0.15) is 0 Å². The predicted molar refractivity (Wildman–Crippen MR) is 114 cm³/mol. The van der Waals surface area contributed by atoms with Crippen LogP contribution in [0.4, 0.5) is 0 Å². The zero-order valence-corrected chi connectivity index (χ0v) is 18.1. The largest absolute Gasteiger partial charge is 0.504 e. The molecule has 0 fully saturated rings. The Balaban J connectivity index is 2.69. The lowest BCUT2D eigenvalue weighted by atomic mass is 9.83. The van der Waals surface area contributed by atoms with E-state index in [9.17, 15) is 23.2 Å². The van der Waals surface area contributed by atoms with E-state index in [-0.39, 0.29) is 26.2 Å². The molecular formula is C19H12Cl4O5S. The number of hydrogen-bond donors (Lipinski definition) is 3. The molecule has 0 saturated carbocycles. The summed E-state index contributed by atoms with van der Waals surface area (Å²) >= 11 is 25.2. The molecular weight excluding hydrogens is 482 g/mol. The maximum absolute atomic E-state index is 13.0. The Morgan fingerprint density at radius 3 is 1.62 bits per heavy atom. The van der Waals surface area contributed by atoms with Crippen LogP contribution in [0.2, 0.25) is 20.1 Å². The highest BCUT2D eigenvalue weighted by atomic mass is 35.5. The van der Waals surface area contributed by atoms with Crippen LogP contribution < -0.4 is 0 Å². The van der Waals surface area contributed by atoms with Crippen LogP contribution in [0.3, 0.4) is 0 Å². The van der Waals surface area contributed by atoms with Gasteiger partial charge in [0, 0.05) is 32.8 Å². The van der Waals surface area contributed by atoms with E-state index in [1.165, 1.54) is 36.4 Å². The van der Waals surface area contributed by atoms with Crippen molar-refractivity contribution in [1.29, 1.82) is 0 Å². The molecule has 0 heterocycles. The van der Waals surface area contributed by atoms with Crippen molar-refractivity contribution in [2.75, 3.05) is 0 Å². The van der Waals surface area contributed by atoms with Gasteiger partial charge in [-0.2, -0.15) is 8.42 Å². The van der Waals surface area contributed by atoms with Gasteiger partial charge in [-0.25, -0.2) is 0 Å². The zero-order chi connectivity index (χ0) is 21.6. The van der Waals surface area contributed by atoms with E-state index in [1.54, 1.807) is 12.1 Å². The number of phenols is 2. The van der Waals surface area contributed by atoms with Gasteiger partial charge in [-0.15, -0.1) is 0 Å². The second-order valence-corrected chi connectivity index (χ2v) is 9.19. The molecule has 0 saturated heterocycles. The summed E-state index contributed by atoms with van der Waals surface area (Å²) in [6.45, 7) is 0. The Morgan fingerprint density at radius 1 is 0.759 bits per heavy atom. The molecule has 3 aromatic carbocycles. The second kappa shape index (κ2) is 7.87. The molecule has 0 bridgehead atoms. The van der Waals surface area contributed by atoms with Crippen molar-refractivity contribution < 1.29 is 23.2 Å². The second-order valence-electron chi connectivity index (χ2n) is 6.03. The molecule has 10 heteroatoms. The van der Waals surface area contributed by atoms with E-state index in [0.717, 1.165) is 6.07 Å². The molecule has 0 amide bonds. The minimum Gasteiger partial charge on any atom is -0.504 e. The number of halogens is 4. The highest BCUT2D eigenvalue weighted by Crippen LogP contribution is 2.55. The van der Waals surface area contributed by atoms with Crippen LogP contribution >= 0.6 is 46.4 Å². The minimum atomic E-state index is -5.14. The molecule has 0 radical (unpaired) electrons. The summed E-state index contributed by atoms with van der Waals surface area (Å²) in [5, 5.41) is 19.0. The zero-order valence-electron chi connectivity index (χ0n) is 14.3. The molecule has 0 aromatic heterocycles. The third-order valence-electron chi connectivity index (χ3n) is 4.42. The van der Waals surface area contributed by atoms with Gasteiger partial charge in [0.05, 0.1) is 10.0 Å². The molecule has 3 rings (SSSR count). The maximum atomic E-state index is 13.0. The number of phenolic OH excluding ortho intramolecular Hbond substituents is 2. The first-order chi connectivity index (χ1) is 13.5. The van der Waals surface area contributed by atoms with Gasteiger partial charge in [0.15, 0.2) is 16.2 Å². The lowest BCUT2D eigenvalue weighted by molar-refractivity contribution is 0.402. The molecule has 0 atom stereocenters. The third kappa shape index (κ3) is 3.44. The molecule has 3 aromatic rings. The maximum Gasteiger partial charge on any atom is 0.283 e. The minimum absolute atomic E-state index is 0.0373. The molecule has 152 valence electrons. The van der Waals surface area contributed by atoms with E-state index in [0.29, 0.717) is 0 Å². The molecule has 0 aliphatic heterocycles. The Morgan fingerprint density at radius 2 is 1.21 bits per heavy atom. The number of hydrogen-bond acceptors (Lipinski definition) is 4. The van der Waals surface area contributed by atoms with Crippen LogP contribution in [0.15, 0.2) is 54.6 Å². The normalized spacial score (nSPS) is 12.2. The van der Waals surface area contributed by atoms with Crippen molar-refractivity contribution in [3.05, 3.63) is 91.4 Å². The molecule has 5 nitrogen and oxygen atoms in total. The van der Waals surface area contributed by atoms with Crippen molar-refractivity contribution in [1.82, 2.24) is 0 Å². The fourth-order valence-electron chi connectivity index (χ4n) is 3.23. The lowest BCUT2D eigenvalue weighted by Crippen LogP contribution is -2.39. The molecule has 0 aliphatic carbocycles. The van der Waals surface area contributed by atoms with Gasteiger partial charge in [-0.3, -0.25) is 4.55 Å². The Bertz CT molecular complexity index is 1170. The number of rotatable bonds is 4. The first-order valence-corrected chi connectivity index (χ1v) is 10.9. The summed E-state index contributed by atoms with van der Waals surface area (Å²) in [5.74, 6) is -1.50. The van der Waals surface area contributed by atoms with Gasteiger partial charge in [0.2, 0.25) is 0 Å². The molecule has 3 N–H and O–H groups in total. The van der Waals surface area contributed by atoms with Crippen molar-refractivity contribution in [2.24, 2.45) is 0 Å². The molecule has 29 heavy (non-hydrogen) atoms. The van der Waals surface area contributed by atoms with Gasteiger partial charge in [0.25, 0.3) is 10.1 Å². The SMILES string of the molecule is O=S(=O)(O)C(c1ccccc1Cl)(c1ccccc1Cl)c1c(Cl)cc(O)c(O)c1Cl. The van der Waals surface area contributed by atoms with Gasteiger partial charge in [-0.1, -0.05) is 82.8 Å².